The number of allylic oxidation sites excluding steroid dienone is 1. The number of benzene rings is 2. The molecule has 0 aromatic heterocycles. The van der Waals surface area contributed by atoms with Crippen LogP contribution in [-0.2, 0) is 9.31 Å². The molecule has 142 valence electrons. The van der Waals surface area contributed by atoms with Crippen molar-refractivity contribution in [1.29, 1.82) is 0 Å². The molecule has 0 atom stereocenters. The zero-order valence-corrected chi connectivity index (χ0v) is 17.2. The van der Waals surface area contributed by atoms with E-state index in [2.05, 4.69) is 71.0 Å². The largest absolute Gasteiger partial charge is 0.497 e. The average molecular weight is 364 g/mol. The van der Waals surface area contributed by atoms with Crippen molar-refractivity contribution in [2.45, 2.75) is 52.2 Å². The summed E-state index contributed by atoms with van der Waals surface area (Å²) < 4.78 is 18.2. The molecule has 0 aliphatic carbocycles. The third-order valence-electron chi connectivity index (χ3n) is 5.69. The minimum Gasteiger partial charge on any atom is -0.497 e. The molecule has 2 aromatic carbocycles. The van der Waals surface area contributed by atoms with E-state index in [1.807, 2.05) is 18.2 Å². The molecule has 1 aliphatic heterocycles. The summed E-state index contributed by atoms with van der Waals surface area (Å²) in [5.74, 6) is 0.838. The van der Waals surface area contributed by atoms with E-state index in [9.17, 15) is 0 Å². The number of hydrogen-bond acceptors (Lipinski definition) is 3. The minimum absolute atomic E-state index is 0.384. The maximum absolute atomic E-state index is 6.43. The summed E-state index contributed by atoms with van der Waals surface area (Å²) in [6.45, 7) is 10.5. The Balaban J connectivity index is 2.16. The van der Waals surface area contributed by atoms with Crippen LogP contribution in [0.3, 0.4) is 0 Å². The van der Waals surface area contributed by atoms with Crippen molar-refractivity contribution >= 4 is 18.2 Å². The van der Waals surface area contributed by atoms with Gasteiger partial charge in [0.05, 0.1) is 18.3 Å². The molecule has 2 aromatic rings. The molecule has 3 rings (SSSR count). The Morgan fingerprint density at radius 2 is 1.41 bits per heavy atom. The first kappa shape index (κ1) is 19.7. The van der Waals surface area contributed by atoms with Gasteiger partial charge in [-0.2, -0.15) is 0 Å². The quantitative estimate of drug-likeness (QED) is 0.507. The summed E-state index contributed by atoms with van der Waals surface area (Å²) in [4.78, 5) is 0. The summed E-state index contributed by atoms with van der Waals surface area (Å²) in [5.41, 5.74) is 3.84. The van der Waals surface area contributed by atoms with E-state index >= 15 is 0 Å². The second kappa shape index (κ2) is 7.53. The van der Waals surface area contributed by atoms with Gasteiger partial charge in [0.1, 0.15) is 5.75 Å². The Morgan fingerprint density at radius 1 is 0.852 bits per heavy atom. The van der Waals surface area contributed by atoms with Gasteiger partial charge in [-0.15, -0.1) is 0 Å². The van der Waals surface area contributed by atoms with Crippen LogP contribution < -0.4 is 4.74 Å². The molecule has 0 unspecified atom stereocenters. The predicted molar refractivity (Wildman–Crippen MR) is 113 cm³/mol. The van der Waals surface area contributed by atoms with Crippen molar-refractivity contribution in [2.75, 3.05) is 7.11 Å². The van der Waals surface area contributed by atoms with Crippen LogP contribution in [0.5, 0.6) is 5.75 Å². The summed E-state index contributed by atoms with van der Waals surface area (Å²) in [6, 6.07) is 18.6. The molecule has 1 saturated heterocycles. The van der Waals surface area contributed by atoms with Crippen LogP contribution in [0.1, 0.15) is 52.2 Å². The van der Waals surface area contributed by atoms with Crippen molar-refractivity contribution in [3.8, 4) is 5.75 Å². The summed E-state index contributed by atoms with van der Waals surface area (Å²) >= 11 is 0. The Kier molecular flexibility index (Phi) is 5.50. The molecular weight excluding hydrogens is 335 g/mol. The first-order valence-electron chi connectivity index (χ1n) is 9.57. The molecule has 0 spiro atoms. The van der Waals surface area contributed by atoms with Crippen molar-refractivity contribution in [3.63, 3.8) is 0 Å². The highest BCUT2D eigenvalue weighted by atomic mass is 16.7. The van der Waals surface area contributed by atoms with Gasteiger partial charge in [0.25, 0.3) is 0 Å². The van der Waals surface area contributed by atoms with Gasteiger partial charge in [-0.25, -0.2) is 0 Å². The fraction of sp³-hybridized carbons (Fsp3) is 0.391. The average Bonchev–Trinajstić information content (AvgIpc) is 2.87. The van der Waals surface area contributed by atoms with Crippen LogP contribution in [0.15, 0.2) is 54.6 Å². The second-order valence-corrected chi connectivity index (χ2v) is 7.93. The van der Waals surface area contributed by atoms with Crippen molar-refractivity contribution in [2.24, 2.45) is 0 Å². The summed E-state index contributed by atoms with van der Waals surface area (Å²) in [7, 11) is 1.26. The molecule has 1 heterocycles. The SMILES string of the molecule is CC/C(=C(/B1OC(C)(C)C(C)(C)O1)c1ccc(OC)cc1)c1ccccc1. The molecule has 1 aliphatic rings. The molecule has 0 saturated carbocycles. The van der Waals surface area contributed by atoms with Gasteiger partial charge in [0.2, 0.25) is 0 Å². The summed E-state index contributed by atoms with van der Waals surface area (Å²) in [5, 5.41) is 0. The maximum Gasteiger partial charge on any atom is 0.495 e. The molecular formula is C23H29BO3. The van der Waals surface area contributed by atoms with Gasteiger partial charge in [0.15, 0.2) is 0 Å². The molecule has 0 N–H and O–H groups in total. The Labute approximate surface area is 163 Å². The van der Waals surface area contributed by atoms with E-state index in [-0.39, 0.29) is 11.2 Å². The van der Waals surface area contributed by atoms with Crippen LogP contribution >= 0.6 is 0 Å². The van der Waals surface area contributed by atoms with Crippen LogP contribution in [0, 0.1) is 0 Å². The van der Waals surface area contributed by atoms with Gasteiger partial charge in [-0.1, -0.05) is 49.4 Å². The van der Waals surface area contributed by atoms with Crippen molar-refractivity contribution < 1.29 is 14.0 Å². The third kappa shape index (κ3) is 3.83. The fourth-order valence-electron chi connectivity index (χ4n) is 3.37. The van der Waals surface area contributed by atoms with Gasteiger partial charge in [-0.05, 0) is 68.4 Å². The number of methoxy groups -OCH3 is 1. The Morgan fingerprint density at radius 3 is 1.89 bits per heavy atom. The number of hydrogen-bond donors (Lipinski definition) is 0. The zero-order chi connectivity index (χ0) is 19.7. The van der Waals surface area contributed by atoms with Crippen LogP contribution in [-0.4, -0.2) is 25.4 Å². The Bertz CT molecular complexity index is 791. The van der Waals surface area contributed by atoms with E-state index in [1.165, 1.54) is 11.1 Å². The second-order valence-electron chi connectivity index (χ2n) is 7.93. The highest BCUT2D eigenvalue weighted by molar-refractivity contribution is 6.71. The molecule has 3 nitrogen and oxygen atoms in total. The number of ether oxygens (including phenoxy) is 1. The van der Waals surface area contributed by atoms with Crippen LogP contribution in [0.4, 0.5) is 0 Å². The van der Waals surface area contributed by atoms with E-state index in [1.54, 1.807) is 7.11 Å². The lowest BCUT2D eigenvalue weighted by Gasteiger charge is -2.32. The van der Waals surface area contributed by atoms with E-state index in [0.717, 1.165) is 23.2 Å². The molecule has 1 fully saturated rings. The monoisotopic (exact) mass is 364 g/mol. The van der Waals surface area contributed by atoms with Crippen molar-refractivity contribution in [3.05, 3.63) is 65.7 Å². The minimum atomic E-state index is -0.418. The van der Waals surface area contributed by atoms with Gasteiger partial charge < -0.3 is 14.0 Å². The lowest BCUT2D eigenvalue weighted by Crippen LogP contribution is -2.41. The molecule has 0 radical (unpaired) electrons. The van der Waals surface area contributed by atoms with Gasteiger partial charge in [-0.3, -0.25) is 0 Å². The smallest absolute Gasteiger partial charge is 0.495 e. The molecule has 0 amide bonds. The Hall–Kier alpha value is -2.04. The van der Waals surface area contributed by atoms with Crippen LogP contribution in [0.25, 0.3) is 11.0 Å². The molecule has 27 heavy (non-hydrogen) atoms. The first-order valence-corrected chi connectivity index (χ1v) is 9.57. The lowest BCUT2D eigenvalue weighted by atomic mass is 9.69. The van der Waals surface area contributed by atoms with E-state index in [4.69, 9.17) is 14.0 Å². The lowest BCUT2D eigenvalue weighted by molar-refractivity contribution is 0.00578. The normalized spacial score (nSPS) is 19.0. The zero-order valence-electron chi connectivity index (χ0n) is 17.2. The van der Waals surface area contributed by atoms with Gasteiger partial charge >= 0.3 is 7.12 Å². The molecule has 4 heteroatoms. The highest BCUT2D eigenvalue weighted by Crippen LogP contribution is 2.43. The number of rotatable bonds is 5. The molecule has 0 bridgehead atoms. The van der Waals surface area contributed by atoms with Gasteiger partial charge in [0, 0.05) is 0 Å². The highest BCUT2D eigenvalue weighted by Gasteiger charge is 2.53. The van der Waals surface area contributed by atoms with Crippen LogP contribution in [0.2, 0.25) is 0 Å². The standard InChI is InChI=1S/C23H29BO3/c1-7-20(17-11-9-8-10-12-17)21(18-13-15-19(25-6)16-14-18)24-26-22(2,3)23(4,5)27-24/h8-16H,7H2,1-6H3/b21-20-. The topological polar surface area (TPSA) is 27.7 Å². The van der Waals surface area contributed by atoms with E-state index < -0.39 is 7.12 Å². The van der Waals surface area contributed by atoms with E-state index in [0.29, 0.717) is 0 Å². The van der Waals surface area contributed by atoms with Crippen molar-refractivity contribution in [1.82, 2.24) is 0 Å². The maximum atomic E-state index is 6.43. The predicted octanol–water partition coefficient (Wildman–Crippen LogP) is 5.65. The first-order chi connectivity index (χ1) is 12.8. The third-order valence-corrected chi connectivity index (χ3v) is 5.69. The summed E-state index contributed by atoms with van der Waals surface area (Å²) in [6.07, 6.45) is 0.884. The fourth-order valence-corrected chi connectivity index (χ4v) is 3.37.